The number of β-lactam (4-membered cyclic amide) rings is 1. The van der Waals surface area contributed by atoms with Crippen molar-refractivity contribution in [1.29, 1.82) is 0 Å². The molecule has 0 spiro atoms. The van der Waals surface area contributed by atoms with Crippen LogP contribution in [0.25, 0.3) is 11.0 Å². The Bertz CT molecular complexity index is 969. The minimum atomic E-state index is -1.06. The zero-order valence-corrected chi connectivity index (χ0v) is 14.2. The number of nitrogens with zero attached hydrogens (tertiary/aromatic N) is 3. The molecule has 2 aromatic rings. The van der Waals surface area contributed by atoms with E-state index in [2.05, 4.69) is 9.38 Å². The van der Waals surface area contributed by atoms with Gasteiger partial charge >= 0.3 is 5.97 Å². The Kier molecular flexibility index (Phi) is 2.96. The normalized spacial score (nSPS) is 24.1. The number of hydrogen-bond acceptors (Lipinski definition) is 5. The highest BCUT2D eigenvalue weighted by Crippen LogP contribution is 2.45. The van der Waals surface area contributed by atoms with E-state index in [9.17, 15) is 9.59 Å². The van der Waals surface area contributed by atoms with Crippen molar-refractivity contribution in [3.05, 3.63) is 39.1 Å². The minimum Gasteiger partial charge on any atom is -0.477 e. The molecular weight excluding hydrogens is 346 g/mol. The van der Waals surface area contributed by atoms with Crippen molar-refractivity contribution in [2.24, 2.45) is 0 Å². The molecule has 122 valence electrons. The van der Waals surface area contributed by atoms with Gasteiger partial charge in [0.25, 0.3) is 5.91 Å². The lowest BCUT2D eigenvalue weighted by molar-refractivity contribution is -0.141. The van der Waals surface area contributed by atoms with Gasteiger partial charge < -0.3 is 5.11 Å². The third kappa shape index (κ3) is 1.86. The predicted octanol–water partition coefficient (Wildman–Crippen LogP) is 2.50. The Hall–Kier alpha value is -2.06. The fourth-order valence-corrected chi connectivity index (χ4v) is 5.79. The third-order valence-corrected chi connectivity index (χ3v) is 6.88. The van der Waals surface area contributed by atoms with Gasteiger partial charge in [0.1, 0.15) is 11.1 Å². The van der Waals surface area contributed by atoms with Crippen LogP contribution in [0.4, 0.5) is 0 Å². The summed E-state index contributed by atoms with van der Waals surface area (Å²) in [6.45, 7) is 0. The lowest BCUT2D eigenvalue weighted by Crippen LogP contribution is -2.51. The number of fused-ring (bicyclic) bond motifs is 4. The van der Waals surface area contributed by atoms with Gasteiger partial charge in [-0.1, -0.05) is 0 Å². The van der Waals surface area contributed by atoms with E-state index in [1.807, 2.05) is 6.20 Å². The van der Waals surface area contributed by atoms with E-state index in [1.165, 1.54) is 45.5 Å². The van der Waals surface area contributed by atoms with E-state index in [1.54, 1.807) is 17.4 Å². The molecule has 6 nitrogen and oxygen atoms in total. The molecule has 0 unspecified atom stereocenters. The number of carboxylic acids is 1. The fraction of sp³-hybridized carbons (Fsp3) is 0.312. The molecule has 2 aliphatic heterocycles. The summed E-state index contributed by atoms with van der Waals surface area (Å²) in [5.74, 6) is -1.30. The summed E-state index contributed by atoms with van der Waals surface area (Å²) in [6, 6.07) is 0. The molecular formula is C16H13N3O3S2. The lowest BCUT2D eigenvalue weighted by atomic mass is 10.0. The van der Waals surface area contributed by atoms with Gasteiger partial charge in [-0.3, -0.25) is 14.1 Å². The second-order valence-electron chi connectivity index (χ2n) is 6.07. The number of thiazole rings is 1. The Labute approximate surface area is 145 Å². The first-order chi connectivity index (χ1) is 11.6. The largest absolute Gasteiger partial charge is 0.477 e. The van der Waals surface area contributed by atoms with E-state index in [0.717, 1.165) is 23.5 Å². The number of amides is 1. The van der Waals surface area contributed by atoms with E-state index in [-0.39, 0.29) is 17.0 Å². The van der Waals surface area contributed by atoms with Crippen LogP contribution in [-0.2, 0) is 22.4 Å². The highest BCUT2D eigenvalue weighted by molar-refractivity contribution is 8.03. The van der Waals surface area contributed by atoms with Crippen LogP contribution in [0.2, 0.25) is 0 Å². The van der Waals surface area contributed by atoms with Gasteiger partial charge in [0.05, 0.1) is 11.3 Å². The van der Waals surface area contributed by atoms with Crippen LogP contribution in [-0.4, -0.2) is 36.6 Å². The van der Waals surface area contributed by atoms with Crippen molar-refractivity contribution >= 4 is 46.0 Å². The van der Waals surface area contributed by atoms with Crippen molar-refractivity contribution < 1.29 is 14.7 Å². The van der Waals surface area contributed by atoms with Gasteiger partial charge in [0, 0.05) is 22.2 Å². The van der Waals surface area contributed by atoms with Crippen molar-refractivity contribution in [3.63, 3.8) is 0 Å². The van der Waals surface area contributed by atoms with Crippen LogP contribution >= 0.6 is 23.1 Å². The lowest BCUT2D eigenvalue weighted by Gasteiger charge is -2.36. The zero-order valence-electron chi connectivity index (χ0n) is 12.6. The first-order valence-electron chi connectivity index (χ1n) is 7.77. The third-order valence-electron chi connectivity index (χ3n) is 4.64. The van der Waals surface area contributed by atoms with Crippen LogP contribution in [0.1, 0.15) is 29.1 Å². The fourth-order valence-electron chi connectivity index (χ4n) is 3.48. The Morgan fingerprint density at radius 1 is 1.38 bits per heavy atom. The number of carbonyl (C=O) groups is 2. The number of rotatable bonds is 2. The van der Waals surface area contributed by atoms with Crippen molar-refractivity contribution in [3.8, 4) is 0 Å². The van der Waals surface area contributed by atoms with Crippen LogP contribution in [0, 0.1) is 0 Å². The second-order valence-corrected chi connectivity index (χ2v) is 8.09. The van der Waals surface area contributed by atoms with E-state index in [0.29, 0.717) is 5.57 Å². The average Bonchev–Trinajstić information content (AvgIpc) is 3.22. The van der Waals surface area contributed by atoms with Crippen LogP contribution in [0.15, 0.2) is 22.9 Å². The molecule has 24 heavy (non-hydrogen) atoms. The standard InChI is InChI=1S/C16H13N3O3S2/c20-13-9(14-19(13)11(7-23-14)15(21)22)5-8-6-18-10-3-1-2-4-12(10)24-16(18)17-8/h5-7,14H,1-4H2,(H,21,22)/b9-5-/t14-/m1/s1. The van der Waals surface area contributed by atoms with Gasteiger partial charge in [-0.2, -0.15) is 0 Å². The van der Waals surface area contributed by atoms with Crippen molar-refractivity contribution in [2.45, 2.75) is 31.1 Å². The maximum atomic E-state index is 12.3. The minimum absolute atomic E-state index is 0.0621. The first-order valence-corrected chi connectivity index (χ1v) is 9.53. The highest BCUT2D eigenvalue weighted by Gasteiger charge is 2.49. The number of hydrogen-bond donors (Lipinski definition) is 1. The molecule has 5 rings (SSSR count). The monoisotopic (exact) mass is 359 g/mol. The Morgan fingerprint density at radius 3 is 3.04 bits per heavy atom. The quantitative estimate of drug-likeness (QED) is 0.659. The molecule has 0 bridgehead atoms. The van der Waals surface area contributed by atoms with Crippen LogP contribution in [0.5, 0.6) is 0 Å². The number of thioether (sulfide) groups is 1. The number of aryl methyl sites for hydroxylation is 2. The van der Waals surface area contributed by atoms with Gasteiger partial charge in [0.15, 0.2) is 4.96 Å². The SMILES string of the molecule is O=C(O)C1=CS[C@@H]2/C(=C\c3cn4c5c(sc4n3)CCCC5)C(=O)N12. The summed E-state index contributed by atoms with van der Waals surface area (Å²) in [7, 11) is 0. The van der Waals surface area contributed by atoms with Gasteiger partial charge in [-0.15, -0.1) is 23.1 Å². The molecule has 8 heteroatoms. The Morgan fingerprint density at radius 2 is 2.21 bits per heavy atom. The molecule has 1 aliphatic carbocycles. The molecule has 0 radical (unpaired) electrons. The average molecular weight is 359 g/mol. The summed E-state index contributed by atoms with van der Waals surface area (Å²) in [5, 5.41) is 10.4. The van der Waals surface area contributed by atoms with Gasteiger partial charge in [-0.05, 0) is 31.8 Å². The van der Waals surface area contributed by atoms with E-state index in [4.69, 9.17) is 5.11 Å². The molecule has 1 saturated heterocycles. The number of imidazole rings is 1. The van der Waals surface area contributed by atoms with Crippen LogP contribution < -0.4 is 0 Å². The van der Waals surface area contributed by atoms with Crippen molar-refractivity contribution in [2.75, 3.05) is 0 Å². The highest BCUT2D eigenvalue weighted by atomic mass is 32.2. The summed E-state index contributed by atoms with van der Waals surface area (Å²) in [4.78, 5) is 31.7. The molecule has 1 amide bonds. The predicted molar refractivity (Wildman–Crippen MR) is 91.6 cm³/mol. The molecule has 0 aromatic carbocycles. The maximum absolute atomic E-state index is 12.3. The summed E-state index contributed by atoms with van der Waals surface area (Å²) < 4.78 is 2.15. The molecule has 1 atom stereocenters. The van der Waals surface area contributed by atoms with E-state index >= 15 is 0 Å². The smallest absolute Gasteiger partial charge is 0.353 e. The number of carboxylic acid groups (broad SMARTS) is 1. The molecule has 2 aromatic heterocycles. The Balaban J connectivity index is 1.47. The van der Waals surface area contributed by atoms with Gasteiger partial charge in [0.2, 0.25) is 0 Å². The van der Waals surface area contributed by atoms with Crippen LogP contribution in [0.3, 0.4) is 0 Å². The molecule has 4 heterocycles. The topological polar surface area (TPSA) is 74.9 Å². The maximum Gasteiger partial charge on any atom is 0.353 e. The number of aromatic nitrogens is 2. The summed E-state index contributed by atoms with van der Waals surface area (Å²) in [6.07, 6.45) is 8.46. The second kappa shape index (κ2) is 4.97. The van der Waals surface area contributed by atoms with E-state index < -0.39 is 5.97 Å². The van der Waals surface area contributed by atoms with Gasteiger partial charge in [-0.25, -0.2) is 9.78 Å². The summed E-state index contributed by atoms with van der Waals surface area (Å²) in [5.41, 5.74) is 2.80. The molecule has 1 N–H and O–H groups in total. The number of aliphatic carboxylic acids is 1. The number of carbonyl (C=O) groups excluding carboxylic acids is 1. The summed E-state index contributed by atoms with van der Waals surface area (Å²) >= 11 is 3.09. The van der Waals surface area contributed by atoms with Crippen molar-refractivity contribution in [1.82, 2.24) is 14.3 Å². The molecule has 3 aliphatic rings. The molecule has 1 fully saturated rings. The first kappa shape index (κ1) is 14.3. The molecule has 0 saturated carbocycles. The zero-order chi connectivity index (χ0) is 16.4.